The molecular formula is C32H36N4O3. The van der Waals surface area contributed by atoms with Crippen LogP contribution in [0.2, 0.25) is 0 Å². The minimum absolute atomic E-state index is 0.110. The van der Waals surface area contributed by atoms with E-state index in [1.54, 1.807) is 11.8 Å². The third-order valence-electron chi connectivity index (χ3n) is 6.50. The van der Waals surface area contributed by atoms with Crippen LogP contribution in [0.5, 0.6) is 0 Å². The molecule has 1 aromatic heterocycles. The summed E-state index contributed by atoms with van der Waals surface area (Å²) in [5, 5.41) is 7.73. The van der Waals surface area contributed by atoms with Crippen molar-refractivity contribution in [3.8, 4) is 16.9 Å². The van der Waals surface area contributed by atoms with Crippen LogP contribution in [0.25, 0.3) is 16.9 Å². The maximum atomic E-state index is 13.4. The number of nitrogens with zero attached hydrogens (tertiary/aromatic N) is 3. The Morgan fingerprint density at radius 1 is 0.923 bits per heavy atom. The van der Waals surface area contributed by atoms with Crippen molar-refractivity contribution >= 4 is 17.6 Å². The number of hydrogen-bond donors (Lipinski definition) is 1. The first kappa shape index (κ1) is 27.8. The molecule has 0 saturated heterocycles. The van der Waals surface area contributed by atoms with E-state index >= 15 is 0 Å². The Kier molecular flexibility index (Phi) is 10.0. The van der Waals surface area contributed by atoms with Gasteiger partial charge in [-0.2, -0.15) is 5.10 Å². The average molecular weight is 525 g/mol. The second-order valence-corrected chi connectivity index (χ2v) is 9.45. The van der Waals surface area contributed by atoms with Crippen LogP contribution in [0.1, 0.15) is 42.1 Å². The van der Waals surface area contributed by atoms with Gasteiger partial charge in [0, 0.05) is 30.8 Å². The molecule has 0 spiro atoms. The molecule has 0 bridgehead atoms. The summed E-state index contributed by atoms with van der Waals surface area (Å²) in [5.41, 5.74) is 4.27. The first-order chi connectivity index (χ1) is 19.1. The second kappa shape index (κ2) is 14.1. The van der Waals surface area contributed by atoms with Crippen LogP contribution in [0.4, 0.5) is 5.82 Å². The summed E-state index contributed by atoms with van der Waals surface area (Å²) in [6.07, 6.45) is 4.50. The molecule has 39 heavy (non-hydrogen) atoms. The average Bonchev–Trinajstić information content (AvgIpc) is 3.40. The minimum Gasteiger partial charge on any atom is -0.383 e. The summed E-state index contributed by atoms with van der Waals surface area (Å²) in [6, 6.07) is 29.0. The molecule has 3 aromatic carbocycles. The number of carbonyl (C=O) groups is 2. The molecule has 7 heteroatoms. The van der Waals surface area contributed by atoms with E-state index in [2.05, 4.69) is 12.2 Å². The first-order valence-electron chi connectivity index (χ1n) is 13.5. The Morgan fingerprint density at radius 3 is 2.28 bits per heavy atom. The van der Waals surface area contributed by atoms with Gasteiger partial charge in [-0.15, -0.1) is 0 Å². The van der Waals surface area contributed by atoms with Crippen molar-refractivity contribution in [3.05, 3.63) is 102 Å². The van der Waals surface area contributed by atoms with Crippen LogP contribution in [0.3, 0.4) is 0 Å². The number of unbranched alkanes of at least 4 members (excludes halogenated alkanes) is 2. The highest BCUT2D eigenvalue weighted by Gasteiger charge is 2.21. The summed E-state index contributed by atoms with van der Waals surface area (Å²) in [7, 11) is 1.58. The molecule has 7 nitrogen and oxygen atoms in total. The van der Waals surface area contributed by atoms with Crippen molar-refractivity contribution in [2.24, 2.45) is 0 Å². The number of benzene rings is 3. The van der Waals surface area contributed by atoms with Crippen LogP contribution >= 0.6 is 0 Å². The van der Waals surface area contributed by atoms with E-state index in [4.69, 9.17) is 9.84 Å². The Morgan fingerprint density at radius 2 is 1.62 bits per heavy atom. The third-order valence-corrected chi connectivity index (χ3v) is 6.50. The van der Waals surface area contributed by atoms with Gasteiger partial charge in [-0.3, -0.25) is 9.59 Å². The summed E-state index contributed by atoms with van der Waals surface area (Å²) in [6.45, 7) is 2.70. The van der Waals surface area contributed by atoms with Gasteiger partial charge in [0.2, 0.25) is 5.91 Å². The maximum Gasteiger partial charge on any atom is 0.254 e. The number of anilines is 1. The lowest BCUT2D eigenvalue weighted by Gasteiger charge is -2.22. The number of carbonyl (C=O) groups excluding carboxylic acids is 2. The zero-order valence-electron chi connectivity index (χ0n) is 22.7. The van der Waals surface area contributed by atoms with E-state index in [0.717, 1.165) is 29.8 Å². The molecule has 0 aliphatic carbocycles. The smallest absolute Gasteiger partial charge is 0.254 e. The number of para-hydroxylation sites is 1. The fraction of sp³-hybridized carbons (Fsp3) is 0.281. The predicted molar refractivity (Wildman–Crippen MR) is 155 cm³/mol. The summed E-state index contributed by atoms with van der Waals surface area (Å²) in [4.78, 5) is 28.1. The van der Waals surface area contributed by atoms with Crippen molar-refractivity contribution in [1.29, 1.82) is 0 Å². The van der Waals surface area contributed by atoms with Gasteiger partial charge in [0.05, 0.1) is 18.0 Å². The van der Waals surface area contributed by atoms with Crippen molar-refractivity contribution in [2.45, 2.75) is 32.6 Å². The van der Waals surface area contributed by atoms with Crippen LogP contribution in [-0.4, -0.2) is 53.3 Å². The van der Waals surface area contributed by atoms with Crippen LogP contribution in [-0.2, 0) is 16.0 Å². The van der Waals surface area contributed by atoms with E-state index in [9.17, 15) is 9.59 Å². The number of nitrogens with one attached hydrogen (secondary N) is 1. The lowest BCUT2D eigenvalue weighted by atomic mass is 10.0. The second-order valence-electron chi connectivity index (χ2n) is 9.45. The fourth-order valence-electron chi connectivity index (χ4n) is 4.37. The number of amides is 2. The van der Waals surface area contributed by atoms with E-state index in [0.29, 0.717) is 24.5 Å². The molecular weight excluding hydrogens is 488 g/mol. The normalized spacial score (nSPS) is 10.8. The highest BCUT2D eigenvalue weighted by molar-refractivity contribution is 5.99. The zero-order chi connectivity index (χ0) is 27.5. The van der Waals surface area contributed by atoms with Crippen LogP contribution in [0, 0.1) is 0 Å². The Bertz CT molecular complexity index is 1340. The van der Waals surface area contributed by atoms with Gasteiger partial charge in [-0.25, -0.2) is 4.68 Å². The van der Waals surface area contributed by atoms with Gasteiger partial charge in [0.1, 0.15) is 12.4 Å². The molecule has 0 atom stereocenters. The number of ether oxygens (including phenoxy) is 1. The largest absolute Gasteiger partial charge is 0.383 e. The monoisotopic (exact) mass is 524 g/mol. The Balaban J connectivity index is 1.51. The number of aromatic nitrogens is 2. The van der Waals surface area contributed by atoms with E-state index in [-0.39, 0.29) is 18.4 Å². The summed E-state index contributed by atoms with van der Waals surface area (Å²) in [5.74, 6) is 0.0109. The molecule has 2 amide bonds. The standard InChI is InChI=1S/C32H36N4O3/c1-3-4-7-12-25-17-19-27(20-18-25)32(38)35(21-22-39-2)24-31(37)33-30-23-29(26-13-8-5-9-14-26)34-36(30)28-15-10-6-11-16-28/h5-6,8-11,13-20,23H,3-4,7,12,21-22,24H2,1-2H3,(H,33,37). The molecule has 1 N–H and O–H groups in total. The molecule has 4 rings (SSSR count). The maximum absolute atomic E-state index is 13.4. The number of methoxy groups -OCH3 is 1. The Hall–Kier alpha value is -4.23. The van der Waals surface area contributed by atoms with Crippen molar-refractivity contribution in [3.63, 3.8) is 0 Å². The van der Waals surface area contributed by atoms with Gasteiger partial charge < -0.3 is 15.0 Å². The Labute approximate surface area is 230 Å². The van der Waals surface area contributed by atoms with Crippen molar-refractivity contribution in [1.82, 2.24) is 14.7 Å². The molecule has 0 unspecified atom stereocenters. The van der Waals surface area contributed by atoms with Gasteiger partial charge in [-0.05, 0) is 42.7 Å². The molecule has 0 aliphatic heterocycles. The fourth-order valence-corrected chi connectivity index (χ4v) is 4.37. The molecule has 4 aromatic rings. The highest BCUT2D eigenvalue weighted by Crippen LogP contribution is 2.25. The van der Waals surface area contributed by atoms with Gasteiger partial charge in [-0.1, -0.05) is 80.4 Å². The molecule has 202 valence electrons. The molecule has 0 aliphatic rings. The molecule has 1 heterocycles. The SMILES string of the molecule is CCCCCc1ccc(C(=O)N(CCOC)CC(=O)Nc2cc(-c3ccccc3)nn2-c2ccccc2)cc1. The van der Waals surface area contributed by atoms with Crippen molar-refractivity contribution < 1.29 is 14.3 Å². The topological polar surface area (TPSA) is 76.5 Å². The lowest BCUT2D eigenvalue weighted by Crippen LogP contribution is -2.40. The predicted octanol–water partition coefficient (Wildman–Crippen LogP) is 6.00. The van der Waals surface area contributed by atoms with Crippen LogP contribution < -0.4 is 5.32 Å². The van der Waals surface area contributed by atoms with Gasteiger partial charge in [0.25, 0.3) is 5.91 Å². The third kappa shape index (κ3) is 7.65. The molecule has 0 fully saturated rings. The van der Waals surface area contributed by atoms with E-state index in [1.165, 1.54) is 23.3 Å². The number of hydrogen-bond acceptors (Lipinski definition) is 4. The lowest BCUT2D eigenvalue weighted by molar-refractivity contribution is -0.117. The van der Waals surface area contributed by atoms with Crippen LogP contribution in [0.15, 0.2) is 91.0 Å². The van der Waals surface area contributed by atoms with E-state index in [1.807, 2.05) is 91.0 Å². The quantitative estimate of drug-likeness (QED) is 0.218. The van der Waals surface area contributed by atoms with Crippen molar-refractivity contribution in [2.75, 3.05) is 32.1 Å². The van der Waals surface area contributed by atoms with Gasteiger partial charge >= 0.3 is 0 Å². The summed E-state index contributed by atoms with van der Waals surface area (Å²) < 4.78 is 6.93. The highest BCUT2D eigenvalue weighted by atomic mass is 16.5. The number of aryl methyl sites for hydroxylation is 1. The summed E-state index contributed by atoms with van der Waals surface area (Å²) >= 11 is 0. The first-order valence-corrected chi connectivity index (χ1v) is 13.5. The molecule has 0 radical (unpaired) electrons. The zero-order valence-corrected chi connectivity index (χ0v) is 22.7. The van der Waals surface area contributed by atoms with Gasteiger partial charge in [0.15, 0.2) is 0 Å². The van der Waals surface area contributed by atoms with E-state index < -0.39 is 0 Å². The number of rotatable bonds is 13. The minimum atomic E-state index is -0.313. The molecule has 0 saturated carbocycles.